The Morgan fingerprint density at radius 1 is 1.29 bits per heavy atom. The zero-order chi connectivity index (χ0) is 17.3. The van der Waals surface area contributed by atoms with E-state index < -0.39 is 4.92 Å². The average molecular weight is 363 g/mol. The van der Waals surface area contributed by atoms with Crippen LogP contribution in [0.4, 0.5) is 5.82 Å². The predicted octanol–water partition coefficient (Wildman–Crippen LogP) is 2.43. The summed E-state index contributed by atoms with van der Waals surface area (Å²) in [6, 6.07) is 0. The van der Waals surface area contributed by atoms with Gasteiger partial charge in [0.15, 0.2) is 15.8 Å². The van der Waals surface area contributed by atoms with Gasteiger partial charge in [-0.1, -0.05) is 17.8 Å². The van der Waals surface area contributed by atoms with E-state index in [0.717, 1.165) is 22.3 Å². The second-order valence-electron chi connectivity index (χ2n) is 4.78. The molecule has 0 spiro atoms. The highest BCUT2D eigenvalue weighted by molar-refractivity contribution is 8.00. The first kappa shape index (κ1) is 16.5. The quantitative estimate of drug-likeness (QED) is 0.164. The molecule has 0 aliphatic rings. The van der Waals surface area contributed by atoms with E-state index in [1.165, 1.54) is 18.1 Å². The van der Waals surface area contributed by atoms with Crippen LogP contribution in [0.5, 0.6) is 0 Å². The number of fused-ring (bicyclic) bond motifs is 1. The highest BCUT2D eigenvalue weighted by Crippen LogP contribution is 2.34. The van der Waals surface area contributed by atoms with Gasteiger partial charge in [0.2, 0.25) is 6.33 Å². The fourth-order valence-electron chi connectivity index (χ4n) is 2.02. The third-order valence-corrected chi connectivity index (χ3v) is 5.07. The first-order valence-electron chi connectivity index (χ1n) is 6.77. The minimum atomic E-state index is -0.519. The highest BCUT2D eigenvalue weighted by atomic mass is 32.2. The molecular weight excluding hydrogens is 350 g/mol. The van der Waals surface area contributed by atoms with E-state index in [9.17, 15) is 10.1 Å². The fraction of sp³-hybridized carbons (Fsp3) is 0.231. The molecule has 0 saturated carbocycles. The molecule has 0 bridgehead atoms. The van der Waals surface area contributed by atoms with Gasteiger partial charge in [0.1, 0.15) is 10.5 Å². The van der Waals surface area contributed by atoms with E-state index >= 15 is 0 Å². The molecule has 0 fully saturated rings. The van der Waals surface area contributed by atoms with Gasteiger partial charge in [0.05, 0.1) is 6.33 Å². The Kier molecular flexibility index (Phi) is 4.53. The molecule has 9 nitrogen and oxygen atoms in total. The predicted molar refractivity (Wildman–Crippen MR) is 91.2 cm³/mol. The maximum atomic E-state index is 11.1. The molecule has 0 saturated heterocycles. The zero-order valence-corrected chi connectivity index (χ0v) is 14.5. The molecule has 3 aromatic rings. The van der Waals surface area contributed by atoms with E-state index in [-0.39, 0.29) is 5.82 Å². The Morgan fingerprint density at radius 2 is 2.04 bits per heavy atom. The zero-order valence-electron chi connectivity index (χ0n) is 12.9. The van der Waals surface area contributed by atoms with Crippen LogP contribution in [0.25, 0.3) is 11.2 Å². The number of nitro groups is 1. The van der Waals surface area contributed by atoms with Crippen molar-refractivity contribution in [2.24, 2.45) is 14.1 Å². The van der Waals surface area contributed by atoms with Gasteiger partial charge in [-0.2, -0.15) is 0 Å². The number of rotatable bonds is 6. The summed E-state index contributed by atoms with van der Waals surface area (Å²) >= 11 is 2.61. The number of aromatic nitrogens is 6. The highest BCUT2D eigenvalue weighted by Gasteiger charge is 2.23. The Hall–Kier alpha value is -2.40. The van der Waals surface area contributed by atoms with Crippen molar-refractivity contribution in [3.63, 3.8) is 0 Å². The van der Waals surface area contributed by atoms with Crippen LogP contribution < -0.4 is 0 Å². The SMILES string of the molecule is C=CCSc1nc(Sc2c([N+](=O)[O-])ncn2C)nc2ncn(C)c12. The van der Waals surface area contributed by atoms with Crippen molar-refractivity contribution in [3.05, 3.63) is 35.4 Å². The van der Waals surface area contributed by atoms with Crippen molar-refractivity contribution < 1.29 is 4.92 Å². The summed E-state index contributed by atoms with van der Waals surface area (Å²) in [4.78, 5) is 27.6. The molecule has 0 amide bonds. The molecule has 0 radical (unpaired) electrons. The maximum absolute atomic E-state index is 11.1. The van der Waals surface area contributed by atoms with Crippen molar-refractivity contribution in [2.45, 2.75) is 15.2 Å². The smallest absolute Gasteiger partial charge is 0.358 e. The first-order valence-corrected chi connectivity index (χ1v) is 8.57. The van der Waals surface area contributed by atoms with Gasteiger partial charge in [0, 0.05) is 19.8 Å². The molecule has 0 aliphatic heterocycles. The second kappa shape index (κ2) is 6.61. The summed E-state index contributed by atoms with van der Waals surface area (Å²) in [6.45, 7) is 3.71. The minimum Gasteiger partial charge on any atom is -0.358 e. The average Bonchev–Trinajstić information content (AvgIpc) is 3.09. The van der Waals surface area contributed by atoms with Gasteiger partial charge in [-0.05, 0) is 21.7 Å². The van der Waals surface area contributed by atoms with E-state index in [1.54, 1.807) is 24.0 Å². The van der Waals surface area contributed by atoms with Crippen molar-refractivity contribution in [1.29, 1.82) is 0 Å². The van der Waals surface area contributed by atoms with Crippen LogP contribution in [-0.4, -0.2) is 39.7 Å². The van der Waals surface area contributed by atoms with Crippen LogP contribution in [0.2, 0.25) is 0 Å². The Balaban J connectivity index is 2.06. The number of imidazole rings is 2. The molecule has 24 heavy (non-hydrogen) atoms. The van der Waals surface area contributed by atoms with Crippen molar-refractivity contribution >= 4 is 40.5 Å². The van der Waals surface area contributed by atoms with E-state index in [4.69, 9.17) is 0 Å². The lowest BCUT2D eigenvalue weighted by atomic mass is 10.5. The number of thioether (sulfide) groups is 1. The number of hydrogen-bond donors (Lipinski definition) is 0. The molecule has 124 valence electrons. The summed E-state index contributed by atoms with van der Waals surface area (Å²) in [5.74, 6) is 0.472. The third-order valence-electron chi connectivity index (χ3n) is 3.08. The van der Waals surface area contributed by atoms with Crippen LogP contribution in [0.15, 0.2) is 40.5 Å². The summed E-state index contributed by atoms with van der Waals surface area (Å²) in [5, 5.41) is 12.6. The van der Waals surface area contributed by atoms with Crippen molar-refractivity contribution in [1.82, 2.24) is 29.1 Å². The van der Waals surface area contributed by atoms with Gasteiger partial charge in [0.25, 0.3) is 0 Å². The van der Waals surface area contributed by atoms with Gasteiger partial charge < -0.3 is 19.2 Å². The maximum Gasteiger partial charge on any atom is 0.396 e. The van der Waals surface area contributed by atoms with Gasteiger partial charge >= 0.3 is 5.82 Å². The monoisotopic (exact) mass is 363 g/mol. The summed E-state index contributed by atoms with van der Waals surface area (Å²) in [7, 11) is 3.56. The molecule has 3 rings (SSSR count). The van der Waals surface area contributed by atoms with Gasteiger partial charge in [-0.25, -0.2) is 15.0 Å². The molecular formula is C13H13N7O2S2. The summed E-state index contributed by atoms with van der Waals surface area (Å²) in [6.07, 6.45) is 4.85. The van der Waals surface area contributed by atoms with E-state index in [2.05, 4.69) is 26.5 Å². The lowest BCUT2D eigenvalue weighted by molar-refractivity contribution is -0.392. The fourth-order valence-corrected chi connectivity index (χ4v) is 3.73. The first-order chi connectivity index (χ1) is 11.5. The van der Waals surface area contributed by atoms with Gasteiger partial charge in [-0.3, -0.25) is 0 Å². The van der Waals surface area contributed by atoms with Crippen LogP contribution >= 0.6 is 23.5 Å². The topological polar surface area (TPSA) is 105 Å². The Morgan fingerprint density at radius 3 is 2.75 bits per heavy atom. The van der Waals surface area contributed by atoms with Crippen LogP contribution in [0, 0.1) is 10.1 Å². The lowest BCUT2D eigenvalue weighted by Crippen LogP contribution is -1.98. The number of hydrogen-bond acceptors (Lipinski definition) is 8. The standard InChI is InChI=1S/C13H13N7O2S2/c1-4-5-23-11-8-9(14-6-18(8)2)16-13(17-11)24-12-10(20(21)22)15-7-19(12)3/h4,6-7H,1,5H2,2-3H3. The van der Waals surface area contributed by atoms with E-state index in [0.29, 0.717) is 21.6 Å². The van der Waals surface area contributed by atoms with Crippen molar-refractivity contribution in [3.8, 4) is 0 Å². The molecule has 3 heterocycles. The lowest BCUT2D eigenvalue weighted by Gasteiger charge is -2.06. The second-order valence-corrected chi connectivity index (χ2v) is 6.75. The molecule has 0 atom stereocenters. The van der Waals surface area contributed by atoms with Crippen LogP contribution in [0.1, 0.15) is 0 Å². The number of aryl methyl sites for hydroxylation is 2. The Labute approximate surface area is 145 Å². The summed E-state index contributed by atoms with van der Waals surface area (Å²) in [5.41, 5.74) is 1.37. The summed E-state index contributed by atoms with van der Waals surface area (Å²) < 4.78 is 3.42. The molecule has 0 aromatic carbocycles. The number of nitrogens with zero attached hydrogens (tertiary/aromatic N) is 7. The Bertz CT molecular complexity index is 934. The molecule has 3 aromatic heterocycles. The van der Waals surface area contributed by atoms with Gasteiger partial charge in [-0.15, -0.1) is 6.58 Å². The van der Waals surface area contributed by atoms with Crippen LogP contribution in [-0.2, 0) is 14.1 Å². The van der Waals surface area contributed by atoms with Crippen molar-refractivity contribution in [2.75, 3.05) is 5.75 Å². The third kappa shape index (κ3) is 2.99. The molecule has 0 unspecified atom stereocenters. The molecule has 0 aliphatic carbocycles. The largest absolute Gasteiger partial charge is 0.396 e. The minimum absolute atomic E-state index is 0.215. The normalized spacial score (nSPS) is 11.1. The molecule has 11 heteroatoms. The van der Waals surface area contributed by atoms with Crippen LogP contribution in [0.3, 0.4) is 0 Å². The molecule has 0 N–H and O–H groups in total. The van der Waals surface area contributed by atoms with E-state index in [1.807, 2.05) is 11.6 Å².